The number of H-pyrrole nitrogens is 1. The van der Waals surface area contributed by atoms with Gasteiger partial charge in [0.05, 0.1) is 13.7 Å². The molecule has 8 nitrogen and oxygen atoms in total. The van der Waals surface area contributed by atoms with Crippen LogP contribution in [0.3, 0.4) is 0 Å². The van der Waals surface area contributed by atoms with Crippen LogP contribution < -0.4 is 14.8 Å². The summed E-state index contributed by atoms with van der Waals surface area (Å²) in [5.41, 5.74) is 1.07. The average Bonchev–Trinajstić information content (AvgIpc) is 3.10. The molecule has 0 aliphatic carbocycles. The fourth-order valence-corrected chi connectivity index (χ4v) is 2.90. The minimum absolute atomic E-state index is 0.0869. The van der Waals surface area contributed by atoms with Gasteiger partial charge < -0.3 is 19.5 Å². The molecule has 0 bridgehead atoms. The number of benzene rings is 2. The number of ether oxygens (including phenoxy) is 3. The Morgan fingerprint density at radius 3 is 2.63 bits per heavy atom. The van der Waals surface area contributed by atoms with Crippen molar-refractivity contribution >= 4 is 23.8 Å². The summed E-state index contributed by atoms with van der Waals surface area (Å²) in [5, 5.41) is 9.54. The lowest BCUT2D eigenvalue weighted by Gasteiger charge is -2.11. The van der Waals surface area contributed by atoms with Gasteiger partial charge in [0, 0.05) is 24.4 Å². The summed E-state index contributed by atoms with van der Waals surface area (Å²) < 4.78 is 31.3. The zero-order valence-corrected chi connectivity index (χ0v) is 17.3. The lowest BCUT2D eigenvalue weighted by Crippen LogP contribution is -2.19. The Morgan fingerprint density at radius 2 is 1.97 bits per heavy atom. The molecule has 30 heavy (non-hydrogen) atoms. The van der Waals surface area contributed by atoms with E-state index in [1.165, 1.54) is 19.2 Å². The van der Waals surface area contributed by atoms with Crippen LogP contribution in [0.25, 0.3) is 11.4 Å². The van der Waals surface area contributed by atoms with Gasteiger partial charge in [0.25, 0.3) is 0 Å². The zero-order chi connectivity index (χ0) is 21.5. The average molecular weight is 432 g/mol. The first-order valence-corrected chi connectivity index (χ1v) is 9.43. The van der Waals surface area contributed by atoms with Crippen LogP contribution in [0.1, 0.15) is 0 Å². The molecule has 3 aromatic rings. The molecule has 0 radical (unpaired) electrons. The second-order valence-corrected chi connectivity index (χ2v) is 6.59. The normalized spacial score (nSPS) is 10.6. The van der Waals surface area contributed by atoms with Gasteiger partial charge in [0.15, 0.2) is 22.2 Å². The molecule has 0 atom stereocenters. The molecule has 2 aromatic carbocycles. The second kappa shape index (κ2) is 9.99. The number of nitrogens with zero attached hydrogens (tertiary/aromatic N) is 2. The van der Waals surface area contributed by atoms with Gasteiger partial charge in [-0.2, -0.15) is 5.10 Å². The van der Waals surface area contributed by atoms with Gasteiger partial charge in [-0.05, 0) is 48.6 Å². The number of halogens is 1. The van der Waals surface area contributed by atoms with Crippen molar-refractivity contribution in [2.45, 2.75) is 6.54 Å². The van der Waals surface area contributed by atoms with E-state index in [0.717, 1.165) is 5.56 Å². The third-order valence-electron chi connectivity index (χ3n) is 4.17. The first-order chi connectivity index (χ1) is 14.5. The molecule has 0 unspecified atom stereocenters. The first kappa shape index (κ1) is 21.5. The number of nitrogens with one attached hydrogen (secondary N) is 2. The summed E-state index contributed by atoms with van der Waals surface area (Å²) in [4.78, 5) is 12.5. The van der Waals surface area contributed by atoms with E-state index < -0.39 is 5.82 Å². The fraction of sp³-hybridized carbons (Fsp3) is 0.250. The lowest BCUT2D eigenvalue weighted by atomic mass is 10.2. The third kappa shape index (κ3) is 5.22. The third-order valence-corrected chi connectivity index (χ3v) is 4.48. The van der Waals surface area contributed by atoms with Crippen LogP contribution in [-0.2, 0) is 16.1 Å². The van der Waals surface area contributed by atoms with Crippen molar-refractivity contribution in [1.82, 2.24) is 14.8 Å². The lowest BCUT2D eigenvalue weighted by molar-refractivity contribution is -0.116. The van der Waals surface area contributed by atoms with Crippen LogP contribution in [0.4, 0.5) is 10.1 Å². The van der Waals surface area contributed by atoms with Crippen LogP contribution in [0, 0.1) is 10.6 Å². The molecule has 0 spiro atoms. The predicted molar refractivity (Wildman–Crippen MR) is 112 cm³/mol. The highest BCUT2D eigenvalue weighted by atomic mass is 32.1. The molecule has 3 rings (SSSR count). The number of carbonyl (C=O) groups excluding carboxylic acids is 1. The number of aromatic nitrogens is 3. The molecule has 1 heterocycles. The highest BCUT2D eigenvalue weighted by molar-refractivity contribution is 7.71. The van der Waals surface area contributed by atoms with Crippen molar-refractivity contribution < 1.29 is 23.4 Å². The van der Waals surface area contributed by atoms with Crippen LogP contribution in [0.15, 0.2) is 42.5 Å². The van der Waals surface area contributed by atoms with Gasteiger partial charge >= 0.3 is 0 Å². The number of carbonyl (C=O) groups is 1. The monoisotopic (exact) mass is 432 g/mol. The summed E-state index contributed by atoms with van der Waals surface area (Å²) >= 11 is 5.25. The number of hydrogen-bond donors (Lipinski definition) is 2. The number of aromatic amines is 1. The van der Waals surface area contributed by atoms with E-state index in [4.69, 9.17) is 26.4 Å². The van der Waals surface area contributed by atoms with E-state index in [1.807, 2.05) is 12.1 Å². The van der Waals surface area contributed by atoms with Crippen molar-refractivity contribution in [2.75, 3.05) is 32.8 Å². The van der Waals surface area contributed by atoms with Gasteiger partial charge in [-0.3, -0.25) is 14.5 Å². The highest BCUT2D eigenvalue weighted by Gasteiger charge is 2.14. The van der Waals surface area contributed by atoms with Crippen molar-refractivity contribution in [3.63, 3.8) is 0 Å². The largest absolute Gasteiger partial charge is 0.497 e. The summed E-state index contributed by atoms with van der Waals surface area (Å²) in [7, 11) is 3.11. The summed E-state index contributed by atoms with van der Waals surface area (Å²) in [6, 6.07) is 11.4. The predicted octanol–water partition coefficient (Wildman–Crippen LogP) is 3.42. The maximum Gasteiger partial charge on any atom is 0.244 e. The Kier molecular flexibility index (Phi) is 7.15. The fourth-order valence-electron chi connectivity index (χ4n) is 2.70. The molecule has 10 heteroatoms. The Labute approximate surface area is 177 Å². The Bertz CT molecular complexity index is 1070. The molecule has 158 valence electrons. The molecular formula is C20H21FN4O4S. The molecule has 0 saturated heterocycles. The molecule has 0 saturated carbocycles. The highest BCUT2D eigenvalue weighted by Crippen LogP contribution is 2.23. The van der Waals surface area contributed by atoms with E-state index in [9.17, 15) is 9.18 Å². The Morgan fingerprint density at radius 1 is 1.20 bits per heavy atom. The summed E-state index contributed by atoms with van der Waals surface area (Å²) in [6.07, 6.45) is 0. The molecule has 1 amide bonds. The van der Waals surface area contributed by atoms with Gasteiger partial charge in [-0.1, -0.05) is 0 Å². The van der Waals surface area contributed by atoms with Crippen LogP contribution in [0.5, 0.6) is 11.5 Å². The Balaban J connectivity index is 1.70. The van der Waals surface area contributed by atoms with Crippen molar-refractivity contribution in [1.29, 1.82) is 0 Å². The van der Waals surface area contributed by atoms with Crippen LogP contribution in [-0.4, -0.2) is 48.1 Å². The Hall–Kier alpha value is -3.24. The maximum atomic E-state index is 14.2. The van der Waals surface area contributed by atoms with Gasteiger partial charge in [-0.15, -0.1) is 0 Å². The molecule has 0 aliphatic rings. The van der Waals surface area contributed by atoms with E-state index in [1.54, 1.807) is 29.9 Å². The van der Waals surface area contributed by atoms with Gasteiger partial charge in [0.1, 0.15) is 18.9 Å². The first-order valence-electron chi connectivity index (χ1n) is 9.02. The number of methoxy groups -OCH3 is 2. The van der Waals surface area contributed by atoms with Crippen LogP contribution >= 0.6 is 12.2 Å². The minimum atomic E-state index is -0.581. The van der Waals surface area contributed by atoms with E-state index in [-0.39, 0.29) is 24.8 Å². The SMILES string of the molecule is COCCOc1ccc(NC(=O)Cn2c(-c3ccc(OC)cc3)n[nH]c2=S)cc1F. The second-order valence-electron chi connectivity index (χ2n) is 6.20. The smallest absolute Gasteiger partial charge is 0.244 e. The maximum absolute atomic E-state index is 14.2. The van der Waals surface area contributed by atoms with Crippen molar-refractivity contribution in [3.05, 3.63) is 53.1 Å². The number of anilines is 1. The number of rotatable bonds is 9. The standard InChI is InChI=1S/C20H21FN4O4S/c1-27-9-10-29-17-8-5-14(11-16(17)21)22-18(26)12-25-19(23-24-20(25)30)13-3-6-15(28-2)7-4-13/h3-8,11H,9-10,12H2,1-2H3,(H,22,26)(H,24,30). The number of hydrogen-bond acceptors (Lipinski definition) is 6. The molecule has 0 aliphatic heterocycles. The van der Waals surface area contributed by atoms with E-state index in [2.05, 4.69) is 15.5 Å². The van der Waals surface area contributed by atoms with Gasteiger partial charge in [-0.25, -0.2) is 4.39 Å². The van der Waals surface area contributed by atoms with Gasteiger partial charge in [0.2, 0.25) is 5.91 Å². The topological polar surface area (TPSA) is 90.4 Å². The van der Waals surface area contributed by atoms with E-state index in [0.29, 0.717) is 28.6 Å². The van der Waals surface area contributed by atoms with Crippen LogP contribution in [0.2, 0.25) is 0 Å². The van der Waals surface area contributed by atoms with Crippen molar-refractivity contribution in [2.24, 2.45) is 0 Å². The number of amides is 1. The molecule has 1 aromatic heterocycles. The quantitative estimate of drug-likeness (QED) is 0.398. The zero-order valence-electron chi connectivity index (χ0n) is 16.5. The summed E-state index contributed by atoms with van der Waals surface area (Å²) in [6.45, 7) is 0.482. The molecular weight excluding hydrogens is 411 g/mol. The minimum Gasteiger partial charge on any atom is -0.497 e. The van der Waals surface area contributed by atoms with E-state index >= 15 is 0 Å². The molecule has 2 N–H and O–H groups in total. The van der Waals surface area contributed by atoms with Crippen molar-refractivity contribution in [3.8, 4) is 22.9 Å². The molecule has 0 fully saturated rings. The summed E-state index contributed by atoms with van der Waals surface area (Å²) in [5.74, 6) is 0.334.